The first kappa shape index (κ1) is 26.1. The van der Waals surface area contributed by atoms with E-state index in [4.69, 9.17) is 4.74 Å². The van der Waals surface area contributed by atoms with Gasteiger partial charge in [0.05, 0.1) is 13.2 Å². The molecule has 0 aliphatic rings. The van der Waals surface area contributed by atoms with Crippen LogP contribution in [0, 0.1) is 0 Å². The SMILES string of the molecule is COC(=O)[C@](c1ccccc1)(c1cn(Cc2ccccc2)c2ccccc12)[C@@H](Nc1ccccc1)c1ccccc1. The summed E-state index contributed by atoms with van der Waals surface area (Å²) < 4.78 is 7.99. The van der Waals surface area contributed by atoms with Gasteiger partial charge in [0.15, 0.2) is 0 Å². The van der Waals surface area contributed by atoms with Gasteiger partial charge < -0.3 is 14.6 Å². The Kier molecular flexibility index (Phi) is 7.38. The number of methoxy groups -OCH3 is 1. The molecule has 0 unspecified atom stereocenters. The number of carbonyl (C=O) groups is 1. The Morgan fingerprint density at radius 2 is 1.29 bits per heavy atom. The maximum Gasteiger partial charge on any atom is 0.323 e. The maximum atomic E-state index is 14.6. The fourth-order valence-corrected chi connectivity index (χ4v) is 5.95. The van der Waals surface area contributed by atoms with Crippen molar-refractivity contribution < 1.29 is 9.53 Å². The van der Waals surface area contributed by atoms with Crippen molar-refractivity contribution in [3.63, 3.8) is 0 Å². The first-order valence-corrected chi connectivity index (χ1v) is 13.8. The van der Waals surface area contributed by atoms with E-state index in [-0.39, 0.29) is 5.97 Å². The number of carbonyl (C=O) groups excluding carboxylic acids is 1. The monoisotopic (exact) mass is 536 g/mol. The van der Waals surface area contributed by atoms with Crippen molar-refractivity contribution in [2.75, 3.05) is 12.4 Å². The summed E-state index contributed by atoms with van der Waals surface area (Å²) in [6.07, 6.45) is 2.14. The molecule has 0 spiro atoms. The molecular formula is C37H32N2O2. The lowest BCUT2D eigenvalue weighted by atomic mass is 9.66. The highest BCUT2D eigenvalue weighted by molar-refractivity contribution is 5.97. The number of anilines is 1. The Labute approximate surface area is 240 Å². The fourth-order valence-electron chi connectivity index (χ4n) is 5.95. The molecule has 1 heterocycles. The van der Waals surface area contributed by atoms with Crippen LogP contribution in [0.3, 0.4) is 0 Å². The minimum absolute atomic E-state index is 0.330. The highest BCUT2D eigenvalue weighted by Gasteiger charge is 2.52. The second-order valence-electron chi connectivity index (χ2n) is 10.2. The molecule has 0 aliphatic heterocycles. The molecule has 0 fully saturated rings. The zero-order valence-electron chi connectivity index (χ0n) is 23.0. The standard InChI is InChI=1S/C37H32N2O2/c1-41-36(40)37(30-20-10-4-11-21-30,35(29-18-8-3-9-19-29)38-31-22-12-5-13-23-31)33-27-39(26-28-16-6-2-7-17-28)34-25-15-14-24-32(33)34/h2-25,27,35,38H,26H2,1H3/t35-,37+/m0/s1. The number of aromatic nitrogens is 1. The molecule has 0 amide bonds. The molecular weight excluding hydrogens is 504 g/mol. The molecule has 6 rings (SSSR count). The van der Waals surface area contributed by atoms with Crippen LogP contribution in [0.15, 0.2) is 152 Å². The molecule has 5 aromatic carbocycles. The van der Waals surface area contributed by atoms with E-state index in [0.29, 0.717) is 6.54 Å². The highest BCUT2D eigenvalue weighted by atomic mass is 16.5. The van der Waals surface area contributed by atoms with Crippen LogP contribution in [0.2, 0.25) is 0 Å². The van der Waals surface area contributed by atoms with Crippen molar-refractivity contribution in [3.05, 3.63) is 174 Å². The summed E-state index contributed by atoms with van der Waals surface area (Å²) in [5, 5.41) is 4.77. The van der Waals surface area contributed by atoms with Gasteiger partial charge in [-0.15, -0.1) is 0 Å². The third kappa shape index (κ3) is 4.89. The number of hydrogen-bond acceptors (Lipinski definition) is 3. The van der Waals surface area contributed by atoms with Crippen molar-refractivity contribution in [2.24, 2.45) is 0 Å². The fraction of sp³-hybridized carbons (Fsp3) is 0.108. The minimum Gasteiger partial charge on any atom is -0.468 e. The summed E-state index contributed by atoms with van der Waals surface area (Å²) in [7, 11) is 1.48. The number of rotatable bonds is 9. The maximum absolute atomic E-state index is 14.6. The molecule has 1 aromatic heterocycles. The van der Waals surface area contributed by atoms with Crippen molar-refractivity contribution in [2.45, 2.75) is 18.0 Å². The van der Waals surface area contributed by atoms with Crippen LogP contribution >= 0.6 is 0 Å². The molecule has 2 atom stereocenters. The van der Waals surface area contributed by atoms with Gasteiger partial charge in [0, 0.05) is 34.9 Å². The third-order valence-electron chi connectivity index (χ3n) is 7.80. The molecule has 0 aliphatic carbocycles. The van der Waals surface area contributed by atoms with Crippen LogP contribution in [0.4, 0.5) is 5.69 Å². The van der Waals surface area contributed by atoms with Crippen LogP contribution < -0.4 is 5.32 Å². The molecule has 0 bridgehead atoms. The molecule has 41 heavy (non-hydrogen) atoms. The normalized spacial score (nSPS) is 13.3. The van der Waals surface area contributed by atoms with E-state index in [1.165, 1.54) is 12.7 Å². The van der Waals surface area contributed by atoms with Gasteiger partial charge in [0.25, 0.3) is 0 Å². The van der Waals surface area contributed by atoms with E-state index in [1.54, 1.807) is 0 Å². The third-order valence-corrected chi connectivity index (χ3v) is 7.80. The second-order valence-corrected chi connectivity index (χ2v) is 10.2. The molecule has 6 aromatic rings. The van der Waals surface area contributed by atoms with Crippen molar-refractivity contribution in [1.29, 1.82) is 0 Å². The molecule has 0 saturated heterocycles. The van der Waals surface area contributed by atoms with Crippen molar-refractivity contribution in [3.8, 4) is 0 Å². The van der Waals surface area contributed by atoms with Crippen molar-refractivity contribution in [1.82, 2.24) is 4.57 Å². The van der Waals surface area contributed by atoms with Gasteiger partial charge >= 0.3 is 5.97 Å². The zero-order chi connectivity index (χ0) is 28.1. The van der Waals surface area contributed by atoms with Crippen molar-refractivity contribution >= 4 is 22.6 Å². The lowest BCUT2D eigenvalue weighted by Crippen LogP contribution is -2.46. The van der Waals surface area contributed by atoms with Crippen LogP contribution in [-0.4, -0.2) is 17.6 Å². The lowest BCUT2D eigenvalue weighted by molar-refractivity contribution is -0.146. The molecule has 202 valence electrons. The molecule has 4 heteroatoms. The quantitative estimate of drug-likeness (QED) is 0.190. The Bertz CT molecular complexity index is 1730. The topological polar surface area (TPSA) is 43.3 Å². The molecule has 1 N–H and O–H groups in total. The number of nitrogens with one attached hydrogen (secondary N) is 1. The van der Waals surface area contributed by atoms with E-state index >= 15 is 0 Å². The summed E-state index contributed by atoms with van der Waals surface area (Å²) in [6, 6.07) is 48.5. The first-order chi connectivity index (χ1) is 20.2. The predicted molar refractivity (Wildman–Crippen MR) is 166 cm³/mol. The average Bonchev–Trinajstić information content (AvgIpc) is 3.41. The van der Waals surface area contributed by atoms with Gasteiger partial charge in [-0.3, -0.25) is 4.79 Å². The second kappa shape index (κ2) is 11.6. The summed E-state index contributed by atoms with van der Waals surface area (Å²) in [5.74, 6) is -0.330. The highest BCUT2D eigenvalue weighted by Crippen LogP contribution is 2.49. The van der Waals surface area contributed by atoms with E-state index in [0.717, 1.165) is 33.3 Å². The Hall–Kier alpha value is -5.09. The number of hydrogen-bond donors (Lipinski definition) is 1. The smallest absolute Gasteiger partial charge is 0.323 e. The average molecular weight is 537 g/mol. The van der Waals surface area contributed by atoms with E-state index in [9.17, 15) is 4.79 Å². The number of fused-ring (bicyclic) bond motifs is 1. The lowest BCUT2D eigenvalue weighted by Gasteiger charge is -2.40. The van der Waals surface area contributed by atoms with Crippen LogP contribution in [0.25, 0.3) is 10.9 Å². The Morgan fingerprint density at radius 1 is 0.732 bits per heavy atom. The van der Waals surface area contributed by atoms with Gasteiger partial charge in [-0.25, -0.2) is 0 Å². The van der Waals surface area contributed by atoms with E-state index in [1.807, 2.05) is 97.1 Å². The first-order valence-electron chi connectivity index (χ1n) is 13.8. The van der Waals surface area contributed by atoms with Crippen LogP contribution in [-0.2, 0) is 21.5 Å². The zero-order valence-corrected chi connectivity index (χ0v) is 23.0. The Balaban J connectivity index is 1.68. The number of benzene rings is 5. The Morgan fingerprint density at radius 3 is 1.95 bits per heavy atom. The van der Waals surface area contributed by atoms with Gasteiger partial charge in [-0.05, 0) is 34.9 Å². The molecule has 0 saturated carbocycles. The number of ether oxygens (including phenoxy) is 1. The number of nitrogens with zero attached hydrogens (tertiary/aromatic N) is 1. The number of para-hydroxylation sites is 2. The van der Waals surface area contributed by atoms with Gasteiger partial charge in [-0.2, -0.15) is 0 Å². The van der Waals surface area contributed by atoms with Crippen LogP contribution in [0.1, 0.15) is 28.3 Å². The van der Waals surface area contributed by atoms with Gasteiger partial charge in [-0.1, -0.05) is 127 Å². The summed E-state index contributed by atoms with van der Waals surface area (Å²) >= 11 is 0. The van der Waals surface area contributed by atoms with Gasteiger partial charge in [0.2, 0.25) is 0 Å². The molecule has 0 radical (unpaired) electrons. The molecule has 4 nitrogen and oxygen atoms in total. The van der Waals surface area contributed by atoms with E-state index in [2.05, 4.69) is 64.6 Å². The largest absolute Gasteiger partial charge is 0.468 e. The summed E-state index contributed by atoms with van der Waals surface area (Å²) in [5.41, 5.74) is 4.65. The summed E-state index contributed by atoms with van der Waals surface area (Å²) in [4.78, 5) is 14.6. The number of esters is 1. The van der Waals surface area contributed by atoms with Gasteiger partial charge in [0.1, 0.15) is 5.41 Å². The minimum atomic E-state index is -1.23. The summed E-state index contributed by atoms with van der Waals surface area (Å²) in [6.45, 7) is 0.676. The van der Waals surface area contributed by atoms with Crippen LogP contribution in [0.5, 0.6) is 0 Å². The predicted octanol–water partition coefficient (Wildman–Crippen LogP) is 8.00. The van der Waals surface area contributed by atoms with E-state index < -0.39 is 11.5 Å².